The highest BCUT2D eigenvalue weighted by Crippen LogP contribution is 2.16. The average Bonchev–Trinajstić information content (AvgIpc) is 2.39. The Morgan fingerprint density at radius 3 is 2.83 bits per heavy atom. The molecule has 0 N–H and O–H groups in total. The van der Waals surface area contributed by atoms with Crippen LogP contribution in [0.3, 0.4) is 0 Å². The molecule has 2 nitrogen and oxygen atoms in total. The highest BCUT2D eigenvalue weighted by atomic mass is 16.5. The first kappa shape index (κ1) is 13.6. The smallest absolute Gasteiger partial charge is 0.0594 e. The molecule has 0 spiro atoms. The van der Waals surface area contributed by atoms with E-state index in [9.17, 15) is 0 Å². The molecule has 0 aromatic heterocycles. The van der Waals surface area contributed by atoms with Gasteiger partial charge in [-0.25, -0.2) is 0 Å². The maximum Gasteiger partial charge on any atom is 0.0594 e. The Morgan fingerprint density at radius 2 is 2.11 bits per heavy atom. The van der Waals surface area contributed by atoms with Gasteiger partial charge < -0.3 is 4.74 Å². The first-order valence-corrected chi connectivity index (χ1v) is 7.04. The summed E-state index contributed by atoms with van der Waals surface area (Å²) < 4.78 is 5.40. The number of morpholine rings is 1. The first-order valence-electron chi connectivity index (χ1n) is 7.04. The first-order chi connectivity index (χ1) is 8.75. The fraction of sp³-hybridized carbons (Fsp3) is 0.625. The van der Waals surface area contributed by atoms with Gasteiger partial charge >= 0.3 is 0 Å². The van der Waals surface area contributed by atoms with Gasteiger partial charge in [0.2, 0.25) is 0 Å². The largest absolute Gasteiger partial charge is 0.379 e. The molecule has 0 unspecified atom stereocenters. The summed E-state index contributed by atoms with van der Waals surface area (Å²) in [6.07, 6.45) is 2.40. The second kappa shape index (κ2) is 6.91. The second-order valence-electron chi connectivity index (χ2n) is 5.49. The molecule has 0 aliphatic carbocycles. The summed E-state index contributed by atoms with van der Waals surface area (Å²) in [6.45, 7) is 9.47. The van der Waals surface area contributed by atoms with E-state index in [0.717, 1.165) is 45.2 Å². The van der Waals surface area contributed by atoms with Gasteiger partial charge in [0.1, 0.15) is 0 Å². The Morgan fingerprint density at radius 1 is 1.33 bits per heavy atom. The Kier molecular flexibility index (Phi) is 5.21. The molecule has 0 amide bonds. The molecule has 1 fully saturated rings. The molecule has 0 saturated carbocycles. The number of ether oxygens (including phenoxy) is 1. The van der Waals surface area contributed by atoms with Crippen LogP contribution in [-0.2, 0) is 17.7 Å². The Hall–Kier alpha value is -0.860. The van der Waals surface area contributed by atoms with Crippen LogP contribution in [0.2, 0.25) is 0 Å². The number of hydrogen-bond acceptors (Lipinski definition) is 2. The van der Waals surface area contributed by atoms with Crippen molar-refractivity contribution in [2.24, 2.45) is 5.92 Å². The molecule has 1 radical (unpaired) electrons. The van der Waals surface area contributed by atoms with Crippen molar-refractivity contribution in [1.29, 1.82) is 0 Å². The van der Waals surface area contributed by atoms with Crippen LogP contribution in [-0.4, -0.2) is 31.2 Å². The lowest BCUT2D eigenvalue weighted by atomic mass is 9.98. The van der Waals surface area contributed by atoms with E-state index >= 15 is 0 Å². The minimum absolute atomic E-state index is 0.759. The third-order valence-electron chi connectivity index (χ3n) is 3.51. The topological polar surface area (TPSA) is 12.5 Å². The van der Waals surface area contributed by atoms with Crippen LogP contribution in [0.25, 0.3) is 0 Å². The highest BCUT2D eigenvalue weighted by molar-refractivity contribution is 5.26. The zero-order chi connectivity index (χ0) is 12.8. The van der Waals surface area contributed by atoms with Crippen molar-refractivity contribution in [3.05, 3.63) is 35.4 Å². The van der Waals surface area contributed by atoms with E-state index in [4.69, 9.17) is 4.74 Å². The van der Waals surface area contributed by atoms with Crippen molar-refractivity contribution in [3.63, 3.8) is 0 Å². The summed E-state index contributed by atoms with van der Waals surface area (Å²) >= 11 is 0. The van der Waals surface area contributed by atoms with Gasteiger partial charge in [0.05, 0.1) is 13.2 Å². The van der Waals surface area contributed by atoms with Crippen LogP contribution < -0.4 is 0 Å². The Balaban J connectivity index is 1.97. The van der Waals surface area contributed by atoms with E-state index in [1.165, 1.54) is 17.5 Å². The molecule has 0 atom stereocenters. The summed E-state index contributed by atoms with van der Waals surface area (Å²) in [5.41, 5.74) is 2.85. The molecule has 2 heteroatoms. The normalized spacial score (nSPS) is 17.3. The molecule has 0 bridgehead atoms. The zero-order valence-electron chi connectivity index (χ0n) is 11.6. The molecule has 1 aliphatic heterocycles. The summed E-state index contributed by atoms with van der Waals surface area (Å²) in [5.74, 6) is 0.759. The maximum atomic E-state index is 5.40. The van der Waals surface area contributed by atoms with E-state index in [-0.39, 0.29) is 0 Å². The summed E-state index contributed by atoms with van der Waals surface area (Å²) in [6, 6.07) is 9.82. The van der Waals surface area contributed by atoms with Gasteiger partial charge in [0, 0.05) is 19.6 Å². The Labute approximate surface area is 111 Å². The number of hydrogen-bond donors (Lipinski definition) is 0. The molecule has 99 valence electrons. The predicted octanol–water partition coefficient (Wildman–Crippen LogP) is 2.91. The maximum absolute atomic E-state index is 5.40. The van der Waals surface area contributed by atoms with Crippen LogP contribution in [0.1, 0.15) is 31.4 Å². The van der Waals surface area contributed by atoms with Gasteiger partial charge in [-0.1, -0.05) is 32.0 Å². The van der Waals surface area contributed by atoms with Crippen LogP contribution in [0.5, 0.6) is 0 Å². The lowest BCUT2D eigenvalue weighted by molar-refractivity contribution is 0.0340. The molecule has 1 heterocycles. The monoisotopic (exact) mass is 246 g/mol. The lowest BCUT2D eigenvalue weighted by Gasteiger charge is -2.27. The van der Waals surface area contributed by atoms with Gasteiger partial charge in [-0.05, 0) is 36.0 Å². The minimum atomic E-state index is 0.759. The van der Waals surface area contributed by atoms with Crippen LogP contribution in [0, 0.1) is 12.0 Å². The second-order valence-corrected chi connectivity index (χ2v) is 5.49. The molecule has 18 heavy (non-hydrogen) atoms. The standard InChI is InChI=1S/C16H24NO/c1-14(2)7-8-15-5-3-4-6-16(15)13-17-9-11-18-12-10-17/h3-4,6,14H,7-13H2,1-2H3. The molecular formula is C16H24NO. The molecular weight excluding hydrogens is 222 g/mol. The van der Waals surface area contributed by atoms with Crippen LogP contribution in [0.15, 0.2) is 18.2 Å². The van der Waals surface area contributed by atoms with E-state index < -0.39 is 0 Å². The van der Waals surface area contributed by atoms with Crippen molar-refractivity contribution in [3.8, 4) is 0 Å². The number of benzene rings is 1. The lowest BCUT2D eigenvalue weighted by Crippen LogP contribution is -2.35. The zero-order valence-corrected chi connectivity index (χ0v) is 11.6. The quantitative estimate of drug-likeness (QED) is 0.792. The Bertz CT molecular complexity index is 356. The molecule has 1 aromatic rings. The van der Waals surface area contributed by atoms with E-state index in [2.05, 4.69) is 36.9 Å². The number of nitrogens with zero attached hydrogens (tertiary/aromatic N) is 1. The van der Waals surface area contributed by atoms with Crippen LogP contribution in [0.4, 0.5) is 0 Å². The van der Waals surface area contributed by atoms with Gasteiger partial charge in [-0.2, -0.15) is 0 Å². The summed E-state index contributed by atoms with van der Waals surface area (Å²) in [4.78, 5) is 2.48. The molecule has 1 aromatic carbocycles. The third-order valence-corrected chi connectivity index (χ3v) is 3.51. The SMILES string of the molecule is CC(C)CCc1[c]cccc1CN1CCOCC1. The third kappa shape index (κ3) is 4.11. The van der Waals surface area contributed by atoms with E-state index in [1.807, 2.05) is 6.07 Å². The van der Waals surface area contributed by atoms with Crippen molar-refractivity contribution in [2.75, 3.05) is 26.3 Å². The van der Waals surface area contributed by atoms with Gasteiger partial charge in [-0.3, -0.25) is 4.90 Å². The fourth-order valence-corrected chi connectivity index (χ4v) is 2.32. The van der Waals surface area contributed by atoms with Crippen molar-refractivity contribution in [1.82, 2.24) is 4.90 Å². The molecule has 2 rings (SSSR count). The predicted molar refractivity (Wildman–Crippen MR) is 74.5 cm³/mol. The fourth-order valence-electron chi connectivity index (χ4n) is 2.32. The van der Waals surface area contributed by atoms with Crippen LogP contribution >= 0.6 is 0 Å². The van der Waals surface area contributed by atoms with Crippen molar-refractivity contribution in [2.45, 2.75) is 33.2 Å². The average molecular weight is 246 g/mol. The van der Waals surface area contributed by atoms with E-state index in [0.29, 0.717) is 0 Å². The minimum Gasteiger partial charge on any atom is -0.379 e. The van der Waals surface area contributed by atoms with Crippen molar-refractivity contribution < 1.29 is 4.74 Å². The number of aryl methyl sites for hydroxylation is 1. The number of rotatable bonds is 5. The van der Waals surface area contributed by atoms with Gasteiger partial charge in [-0.15, -0.1) is 0 Å². The van der Waals surface area contributed by atoms with Gasteiger partial charge in [0.15, 0.2) is 0 Å². The highest BCUT2D eigenvalue weighted by Gasteiger charge is 2.12. The summed E-state index contributed by atoms with van der Waals surface area (Å²) in [5, 5.41) is 0. The van der Waals surface area contributed by atoms with Gasteiger partial charge in [0.25, 0.3) is 0 Å². The van der Waals surface area contributed by atoms with Crippen molar-refractivity contribution >= 4 is 0 Å². The molecule has 1 saturated heterocycles. The van der Waals surface area contributed by atoms with E-state index in [1.54, 1.807) is 0 Å². The molecule has 1 aliphatic rings. The summed E-state index contributed by atoms with van der Waals surface area (Å²) in [7, 11) is 0.